The fraction of sp³-hybridized carbons (Fsp3) is 0. The molecule has 2 aromatic carbocycles. The molecule has 0 aromatic heterocycles. The number of benzene rings is 2. The number of para-hydroxylation sites is 1. The number of carbonyl (C=O) groups excluding carboxylic acids is 2. The Bertz CT molecular complexity index is 784. The minimum Gasteiger partial charge on any atom is -0.507 e. The summed E-state index contributed by atoms with van der Waals surface area (Å²) in [5, 5.41) is 11.4. The Morgan fingerprint density at radius 3 is 2.41 bits per heavy atom. The molecule has 0 spiro atoms. The highest BCUT2D eigenvalue weighted by Gasteiger charge is 2.34. The number of nitrogens with zero attached hydrogens (tertiary/aromatic N) is 1. The monoisotopic (exact) mass is 314 g/mol. The molecule has 0 aliphatic carbocycles. The zero-order valence-electron chi connectivity index (χ0n) is 11.3. The quantitative estimate of drug-likeness (QED) is 0.661. The number of aromatic hydroxyl groups is 1. The van der Waals surface area contributed by atoms with Crippen LogP contribution in [0.3, 0.4) is 0 Å². The molecule has 110 valence electrons. The number of rotatable bonds is 2. The molecule has 1 saturated heterocycles. The van der Waals surface area contributed by atoms with Crippen molar-refractivity contribution in [2.75, 3.05) is 5.01 Å². The van der Waals surface area contributed by atoms with Crippen molar-refractivity contribution in [2.45, 2.75) is 0 Å². The van der Waals surface area contributed by atoms with Gasteiger partial charge < -0.3 is 5.11 Å². The van der Waals surface area contributed by atoms with E-state index in [0.29, 0.717) is 16.3 Å². The molecule has 1 aliphatic rings. The summed E-state index contributed by atoms with van der Waals surface area (Å²) >= 11 is 5.81. The van der Waals surface area contributed by atoms with E-state index in [-0.39, 0.29) is 11.3 Å². The van der Waals surface area contributed by atoms with Crippen LogP contribution in [0.5, 0.6) is 5.75 Å². The van der Waals surface area contributed by atoms with Crippen LogP contribution in [0.2, 0.25) is 5.02 Å². The molecular weight excluding hydrogens is 304 g/mol. The van der Waals surface area contributed by atoms with Gasteiger partial charge in [0.25, 0.3) is 11.8 Å². The molecule has 6 heteroatoms. The summed E-state index contributed by atoms with van der Waals surface area (Å²) < 4.78 is 0. The van der Waals surface area contributed by atoms with Crippen LogP contribution in [0.25, 0.3) is 6.08 Å². The van der Waals surface area contributed by atoms with E-state index in [2.05, 4.69) is 5.43 Å². The van der Waals surface area contributed by atoms with Crippen LogP contribution in [0, 0.1) is 0 Å². The van der Waals surface area contributed by atoms with Crippen LogP contribution in [-0.4, -0.2) is 16.9 Å². The first-order valence-electron chi connectivity index (χ1n) is 6.47. The Hall–Kier alpha value is -2.79. The van der Waals surface area contributed by atoms with E-state index in [9.17, 15) is 14.7 Å². The van der Waals surface area contributed by atoms with Gasteiger partial charge in [0.05, 0.1) is 5.69 Å². The first-order valence-corrected chi connectivity index (χ1v) is 6.85. The standard InChI is InChI=1S/C16H11ClN2O3/c17-11-5-7-12(8-6-11)19-16(22)13(15(21)18-19)9-10-3-1-2-4-14(10)20/h1-9,20H,(H,18,21)/b13-9-. The molecular formula is C16H11ClN2O3. The van der Waals surface area contributed by atoms with Gasteiger partial charge in [-0.05, 0) is 36.4 Å². The molecule has 2 amide bonds. The molecule has 1 fully saturated rings. The molecule has 5 nitrogen and oxygen atoms in total. The highest BCUT2D eigenvalue weighted by Crippen LogP contribution is 2.25. The number of hydrogen-bond acceptors (Lipinski definition) is 3. The lowest BCUT2D eigenvalue weighted by atomic mass is 10.1. The first-order chi connectivity index (χ1) is 10.6. The van der Waals surface area contributed by atoms with Gasteiger partial charge in [-0.1, -0.05) is 29.8 Å². The molecule has 0 bridgehead atoms. The number of anilines is 1. The maximum Gasteiger partial charge on any atom is 0.282 e. The average molecular weight is 315 g/mol. The Morgan fingerprint density at radius 2 is 1.73 bits per heavy atom. The highest BCUT2D eigenvalue weighted by molar-refractivity contribution is 6.32. The zero-order valence-corrected chi connectivity index (χ0v) is 12.0. The van der Waals surface area contributed by atoms with Gasteiger partial charge in [0.15, 0.2) is 0 Å². The summed E-state index contributed by atoms with van der Waals surface area (Å²) in [7, 11) is 0. The predicted octanol–water partition coefficient (Wildman–Crippen LogP) is 2.51. The van der Waals surface area contributed by atoms with E-state index in [0.717, 1.165) is 5.01 Å². The van der Waals surface area contributed by atoms with Crippen molar-refractivity contribution in [1.82, 2.24) is 5.43 Å². The van der Waals surface area contributed by atoms with E-state index in [1.165, 1.54) is 12.1 Å². The van der Waals surface area contributed by atoms with Gasteiger partial charge in [-0.15, -0.1) is 0 Å². The largest absolute Gasteiger partial charge is 0.507 e. The maximum atomic E-state index is 12.4. The molecule has 3 rings (SSSR count). The minimum atomic E-state index is -0.525. The molecule has 1 aliphatic heterocycles. The normalized spacial score (nSPS) is 16.2. The molecule has 0 unspecified atom stereocenters. The van der Waals surface area contributed by atoms with Gasteiger partial charge in [-0.2, -0.15) is 0 Å². The predicted molar refractivity (Wildman–Crippen MR) is 83.2 cm³/mol. The summed E-state index contributed by atoms with van der Waals surface area (Å²) in [5.74, 6) is -1.01. The molecule has 0 saturated carbocycles. The Morgan fingerprint density at radius 1 is 1.05 bits per heavy atom. The third-order valence-electron chi connectivity index (χ3n) is 3.21. The fourth-order valence-corrected chi connectivity index (χ4v) is 2.22. The Labute approximate surface area is 131 Å². The van der Waals surface area contributed by atoms with Gasteiger partial charge in [-0.25, -0.2) is 5.01 Å². The van der Waals surface area contributed by atoms with Gasteiger partial charge in [0, 0.05) is 10.6 Å². The van der Waals surface area contributed by atoms with E-state index in [1.807, 2.05) is 0 Å². The van der Waals surface area contributed by atoms with E-state index >= 15 is 0 Å². The minimum absolute atomic E-state index is 0.000503. The van der Waals surface area contributed by atoms with Crippen LogP contribution >= 0.6 is 11.6 Å². The van der Waals surface area contributed by atoms with Crippen molar-refractivity contribution in [3.8, 4) is 5.75 Å². The molecule has 1 heterocycles. The van der Waals surface area contributed by atoms with Crippen molar-refractivity contribution in [3.63, 3.8) is 0 Å². The molecule has 0 radical (unpaired) electrons. The topological polar surface area (TPSA) is 69.6 Å². The SMILES string of the molecule is O=C1NN(c2ccc(Cl)cc2)C(=O)/C1=C\c1ccccc1O. The number of carbonyl (C=O) groups is 2. The average Bonchev–Trinajstić information content (AvgIpc) is 2.78. The fourth-order valence-electron chi connectivity index (χ4n) is 2.09. The second-order valence-corrected chi connectivity index (χ2v) is 5.11. The number of amides is 2. The van der Waals surface area contributed by atoms with Crippen LogP contribution in [0.15, 0.2) is 54.1 Å². The van der Waals surface area contributed by atoms with Crippen molar-refractivity contribution in [3.05, 3.63) is 64.7 Å². The van der Waals surface area contributed by atoms with Crippen LogP contribution < -0.4 is 10.4 Å². The lowest BCUT2D eigenvalue weighted by Gasteiger charge is -2.14. The number of hydrogen-bond donors (Lipinski definition) is 2. The van der Waals surface area contributed by atoms with Crippen molar-refractivity contribution < 1.29 is 14.7 Å². The number of phenolic OH excluding ortho intramolecular Hbond substituents is 1. The summed E-state index contributed by atoms with van der Waals surface area (Å²) in [6, 6.07) is 13.0. The van der Waals surface area contributed by atoms with Crippen LogP contribution in [0.1, 0.15) is 5.56 Å². The van der Waals surface area contributed by atoms with Crippen LogP contribution in [-0.2, 0) is 9.59 Å². The summed E-state index contributed by atoms with van der Waals surface area (Å²) in [4.78, 5) is 24.4. The van der Waals surface area contributed by atoms with Crippen molar-refractivity contribution >= 4 is 35.2 Å². The third kappa shape index (κ3) is 2.54. The van der Waals surface area contributed by atoms with Gasteiger partial charge in [-0.3, -0.25) is 15.0 Å². The maximum absolute atomic E-state index is 12.4. The molecule has 2 aromatic rings. The number of phenols is 1. The molecule has 0 atom stereocenters. The van der Waals surface area contributed by atoms with Crippen LogP contribution in [0.4, 0.5) is 5.69 Å². The summed E-state index contributed by atoms with van der Waals surface area (Å²) in [6.07, 6.45) is 1.36. The molecule has 22 heavy (non-hydrogen) atoms. The number of halogens is 1. The van der Waals surface area contributed by atoms with Crippen molar-refractivity contribution in [1.29, 1.82) is 0 Å². The lowest BCUT2D eigenvalue weighted by Crippen LogP contribution is -2.35. The summed E-state index contributed by atoms with van der Waals surface area (Å²) in [5.41, 5.74) is 3.34. The van der Waals surface area contributed by atoms with Crippen molar-refractivity contribution in [2.24, 2.45) is 0 Å². The summed E-state index contributed by atoms with van der Waals surface area (Å²) in [6.45, 7) is 0. The lowest BCUT2D eigenvalue weighted by molar-refractivity contribution is -0.117. The zero-order chi connectivity index (χ0) is 15.7. The second kappa shape index (κ2) is 5.54. The van der Waals surface area contributed by atoms with E-state index in [4.69, 9.17) is 11.6 Å². The van der Waals surface area contributed by atoms with Gasteiger partial charge >= 0.3 is 0 Å². The number of hydrazine groups is 1. The Balaban J connectivity index is 1.95. The van der Waals surface area contributed by atoms with Gasteiger partial charge in [0.2, 0.25) is 0 Å². The molecule has 2 N–H and O–H groups in total. The second-order valence-electron chi connectivity index (χ2n) is 4.67. The van der Waals surface area contributed by atoms with E-state index in [1.54, 1.807) is 42.5 Å². The first kappa shape index (κ1) is 14.2. The highest BCUT2D eigenvalue weighted by atomic mass is 35.5. The number of nitrogens with one attached hydrogen (secondary N) is 1. The Kier molecular flexibility index (Phi) is 3.56. The smallest absolute Gasteiger partial charge is 0.282 e. The van der Waals surface area contributed by atoms with E-state index < -0.39 is 11.8 Å². The third-order valence-corrected chi connectivity index (χ3v) is 3.46. The van der Waals surface area contributed by atoms with Gasteiger partial charge in [0.1, 0.15) is 11.3 Å².